The van der Waals surface area contributed by atoms with Crippen molar-refractivity contribution in [2.24, 2.45) is 0 Å². The molecule has 304 valence electrons. The fourth-order valence-corrected chi connectivity index (χ4v) is 7.25. The number of hydrogen-bond acceptors (Lipinski definition) is 11. The minimum absolute atomic E-state index is 0.0182. The van der Waals surface area contributed by atoms with Gasteiger partial charge in [0.25, 0.3) is 0 Å². The van der Waals surface area contributed by atoms with Crippen LogP contribution in [0.5, 0.6) is 0 Å². The number of halogens is 2. The zero-order valence-corrected chi connectivity index (χ0v) is 33.9. The first kappa shape index (κ1) is 46.2. The van der Waals surface area contributed by atoms with Crippen molar-refractivity contribution in [1.29, 1.82) is 0 Å². The predicted molar refractivity (Wildman–Crippen MR) is 208 cm³/mol. The summed E-state index contributed by atoms with van der Waals surface area (Å²) in [6.45, 7) is 9.16. The summed E-state index contributed by atoms with van der Waals surface area (Å²) in [4.78, 5) is 26.4. The molecule has 2 N–H and O–H groups in total. The normalized spacial score (nSPS) is 14.6. The average molecular weight is 819 g/mol. The Labute approximate surface area is 330 Å². The molecule has 1 atom stereocenters. The third-order valence-corrected chi connectivity index (χ3v) is 10.4. The molecule has 0 saturated carbocycles. The van der Waals surface area contributed by atoms with E-state index in [0.717, 1.165) is 42.8 Å². The van der Waals surface area contributed by atoms with Crippen LogP contribution in [0.25, 0.3) is 0 Å². The molecule has 3 rings (SSSR count). The van der Waals surface area contributed by atoms with Crippen LogP contribution in [0.15, 0.2) is 41.3 Å². The maximum Gasteiger partial charge on any atom is 0.240 e. The van der Waals surface area contributed by atoms with Gasteiger partial charge in [-0.15, -0.1) is 0 Å². The van der Waals surface area contributed by atoms with Crippen molar-refractivity contribution in [3.8, 4) is 0 Å². The third-order valence-electron chi connectivity index (χ3n) is 8.40. The number of Topliss-reactive ketones (excluding diaryl/α,β-unsaturated/α-hetero) is 1. The number of benzene rings is 2. The standard InChI is InChI=1S/C38H57Cl2N3O10S/c1-3-14-48-18-22-52-23-19-49-15-4-5-32(44)8-11-38(45)41-12-16-50-20-24-53-25-21-51-17-13-42-54(46,47)33-9-6-30(7-10-33)35-28-43(2)29-36-34(35)26-31(39)27-37(36)40/h6-7,9-10,26-27,35,42H,3-5,8,11-25,28-29H2,1-2H3,(H,41,45). The predicted octanol–water partition coefficient (Wildman–Crippen LogP) is 4.60. The number of rotatable bonds is 30. The lowest BCUT2D eigenvalue weighted by atomic mass is 9.85. The molecule has 2 aromatic rings. The molecule has 1 aliphatic rings. The third kappa shape index (κ3) is 18.2. The lowest BCUT2D eigenvalue weighted by molar-refractivity contribution is -0.125. The molecule has 1 heterocycles. The summed E-state index contributed by atoms with van der Waals surface area (Å²) in [6.07, 6.45) is 2.33. The number of likely N-dealkylation sites (N-methyl/N-ethyl adjacent to an activating group) is 1. The van der Waals surface area contributed by atoms with Crippen molar-refractivity contribution in [3.63, 3.8) is 0 Å². The summed E-state index contributed by atoms with van der Waals surface area (Å²) >= 11 is 12.8. The Morgan fingerprint density at radius 1 is 0.759 bits per heavy atom. The number of ether oxygens (including phenoxy) is 6. The van der Waals surface area contributed by atoms with Gasteiger partial charge in [-0.3, -0.25) is 9.59 Å². The average Bonchev–Trinajstić information content (AvgIpc) is 3.15. The number of sulfonamides is 1. The van der Waals surface area contributed by atoms with Crippen molar-refractivity contribution in [2.75, 3.05) is 106 Å². The second kappa shape index (κ2) is 26.6. The van der Waals surface area contributed by atoms with Crippen molar-refractivity contribution >= 4 is 44.9 Å². The first-order valence-electron chi connectivity index (χ1n) is 18.6. The lowest BCUT2D eigenvalue weighted by Gasteiger charge is -2.33. The van der Waals surface area contributed by atoms with Crippen LogP contribution in [0.3, 0.4) is 0 Å². The highest BCUT2D eigenvalue weighted by Gasteiger charge is 2.27. The zero-order valence-electron chi connectivity index (χ0n) is 31.6. The van der Waals surface area contributed by atoms with Crippen molar-refractivity contribution in [1.82, 2.24) is 14.9 Å². The van der Waals surface area contributed by atoms with Gasteiger partial charge in [0.05, 0.1) is 71.0 Å². The molecule has 54 heavy (non-hydrogen) atoms. The molecule has 0 saturated heterocycles. The Balaban J connectivity index is 1.13. The van der Waals surface area contributed by atoms with Crippen molar-refractivity contribution in [2.45, 2.75) is 56.4 Å². The molecular formula is C38H57Cl2N3O10S. The lowest BCUT2D eigenvalue weighted by Crippen LogP contribution is -2.31. The van der Waals surface area contributed by atoms with Crippen LogP contribution in [0.2, 0.25) is 10.0 Å². The molecule has 0 bridgehead atoms. The van der Waals surface area contributed by atoms with E-state index in [9.17, 15) is 18.0 Å². The van der Waals surface area contributed by atoms with Gasteiger partial charge >= 0.3 is 0 Å². The van der Waals surface area contributed by atoms with E-state index >= 15 is 0 Å². The van der Waals surface area contributed by atoms with Gasteiger partial charge in [-0.25, -0.2) is 13.1 Å². The smallest absolute Gasteiger partial charge is 0.240 e. The van der Waals surface area contributed by atoms with Gasteiger partial charge in [0.2, 0.25) is 15.9 Å². The van der Waals surface area contributed by atoms with E-state index in [1.807, 2.05) is 25.2 Å². The quantitative estimate of drug-likeness (QED) is 0.107. The van der Waals surface area contributed by atoms with Gasteiger partial charge in [-0.1, -0.05) is 42.3 Å². The summed E-state index contributed by atoms with van der Waals surface area (Å²) in [5.41, 5.74) is 3.08. The van der Waals surface area contributed by atoms with Gasteiger partial charge in [0.1, 0.15) is 5.78 Å². The molecule has 0 radical (unpaired) electrons. The first-order chi connectivity index (χ1) is 26.1. The molecule has 1 unspecified atom stereocenters. The highest BCUT2D eigenvalue weighted by Crippen LogP contribution is 2.38. The molecule has 16 heteroatoms. The van der Waals surface area contributed by atoms with E-state index in [1.54, 1.807) is 18.2 Å². The SMILES string of the molecule is CCCOCCOCCOCCCC(=O)CCC(=O)NCCOCCOCCOCCNS(=O)(=O)c1ccc(C2CN(C)Cc3c(Cl)cc(Cl)cc32)cc1. The highest BCUT2D eigenvalue weighted by atomic mass is 35.5. The molecule has 2 aromatic carbocycles. The molecule has 0 aromatic heterocycles. The molecule has 0 spiro atoms. The van der Waals surface area contributed by atoms with Crippen molar-refractivity contribution < 1.29 is 46.4 Å². The number of ketones is 1. The summed E-state index contributed by atoms with van der Waals surface area (Å²) < 4.78 is 60.9. The van der Waals surface area contributed by atoms with E-state index in [1.165, 1.54) is 0 Å². The van der Waals surface area contributed by atoms with E-state index in [4.69, 9.17) is 51.6 Å². The number of nitrogens with one attached hydrogen (secondary N) is 2. The Morgan fingerprint density at radius 3 is 1.96 bits per heavy atom. The Kier molecular flexibility index (Phi) is 22.8. The highest BCUT2D eigenvalue weighted by molar-refractivity contribution is 7.89. The number of carbonyl (C=O) groups excluding carboxylic acids is 2. The first-order valence-corrected chi connectivity index (χ1v) is 20.9. The number of nitrogens with zero attached hydrogens (tertiary/aromatic N) is 1. The summed E-state index contributed by atoms with van der Waals surface area (Å²) in [5, 5.41) is 3.95. The van der Waals surface area contributed by atoms with Crippen LogP contribution in [0.4, 0.5) is 0 Å². The van der Waals surface area contributed by atoms with Crippen LogP contribution in [0.1, 0.15) is 61.6 Å². The zero-order chi connectivity index (χ0) is 39.0. The van der Waals surface area contributed by atoms with E-state index in [0.29, 0.717) is 95.5 Å². The fraction of sp³-hybridized carbons (Fsp3) is 0.632. The monoisotopic (exact) mass is 817 g/mol. The Morgan fingerprint density at radius 2 is 1.33 bits per heavy atom. The van der Waals surface area contributed by atoms with Gasteiger partial charge in [-0.05, 0) is 60.8 Å². The van der Waals surface area contributed by atoms with Gasteiger partial charge in [0.15, 0.2) is 0 Å². The maximum atomic E-state index is 12.8. The Hall–Kier alpha value is -2.21. The largest absolute Gasteiger partial charge is 0.379 e. The molecule has 13 nitrogen and oxygen atoms in total. The molecule has 1 aliphatic heterocycles. The number of amides is 1. The molecule has 0 fully saturated rings. The molecule has 0 aliphatic carbocycles. The summed E-state index contributed by atoms with van der Waals surface area (Å²) in [6, 6.07) is 10.6. The van der Waals surface area contributed by atoms with E-state index in [2.05, 4.69) is 21.9 Å². The molecular weight excluding hydrogens is 761 g/mol. The Bertz CT molecular complexity index is 1500. The molecule has 1 amide bonds. The second-order valence-corrected chi connectivity index (χ2v) is 15.4. The summed E-state index contributed by atoms with van der Waals surface area (Å²) in [5.74, 6) is -0.139. The minimum atomic E-state index is -3.71. The topological polar surface area (TPSA) is 151 Å². The number of hydrogen-bond donors (Lipinski definition) is 2. The van der Waals surface area contributed by atoms with Crippen LogP contribution < -0.4 is 10.0 Å². The number of carbonyl (C=O) groups is 2. The van der Waals surface area contributed by atoms with E-state index in [-0.39, 0.29) is 48.5 Å². The van der Waals surface area contributed by atoms with Crippen LogP contribution >= 0.6 is 23.2 Å². The van der Waals surface area contributed by atoms with Gasteiger partial charge in [0, 0.05) is 74.6 Å². The van der Waals surface area contributed by atoms with E-state index < -0.39 is 10.0 Å². The van der Waals surface area contributed by atoms with Gasteiger partial charge < -0.3 is 38.6 Å². The summed E-state index contributed by atoms with van der Waals surface area (Å²) in [7, 11) is -1.68. The van der Waals surface area contributed by atoms with Crippen LogP contribution in [-0.2, 0) is 54.6 Å². The second-order valence-electron chi connectivity index (χ2n) is 12.8. The maximum absolute atomic E-state index is 12.8. The van der Waals surface area contributed by atoms with Crippen LogP contribution in [0, 0.1) is 0 Å². The number of fused-ring (bicyclic) bond motifs is 1. The van der Waals surface area contributed by atoms with Crippen LogP contribution in [-0.4, -0.2) is 131 Å². The van der Waals surface area contributed by atoms with Crippen molar-refractivity contribution in [3.05, 3.63) is 63.1 Å². The van der Waals surface area contributed by atoms with Gasteiger partial charge in [-0.2, -0.15) is 0 Å². The fourth-order valence-electron chi connectivity index (χ4n) is 5.67. The minimum Gasteiger partial charge on any atom is -0.379 e.